The number of pyridine rings is 1. The first kappa shape index (κ1) is 17.6. The second kappa shape index (κ2) is 9.33. The Morgan fingerprint density at radius 2 is 1.88 bits per heavy atom. The molecular weight excluding hydrogens is 310 g/mol. The van der Waals surface area contributed by atoms with Crippen LogP contribution in [0.3, 0.4) is 0 Å². The van der Waals surface area contributed by atoms with Crippen molar-refractivity contribution >= 4 is 5.91 Å². The normalized spacial score (nSPS) is 17.2. The molecule has 1 aromatic carbocycles. The van der Waals surface area contributed by atoms with Crippen LogP contribution >= 0.6 is 0 Å². The standard InChI is InChI=1S/C21H27N3O/c25-21-9-8-20(12-15-23-17-19-5-2-1-3-6-19)24(21)16-4-7-18-10-13-22-14-11-18/h1-3,5-6,10-11,13-14,20,23H,4,7-9,12,15-17H2. The number of nitrogens with one attached hydrogen (secondary N) is 1. The lowest BCUT2D eigenvalue weighted by molar-refractivity contribution is -0.129. The van der Waals surface area contributed by atoms with Crippen molar-refractivity contribution in [2.45, 2.75) is 44.7 Å². The van der Waals surface area contributed by atoms with Crippen molar-refractivity contribution < 1.29 is 4.79 Å². The Morgan fingerprint density at radius 3 is 2.68 bits per heavy atom. The third-order valence-corrected chi connectivity index (χ3v) is 4.89. The van der Waals surface area contributed by atoms with Gasteiger partial charge in [0, 0.05) is 37.9 Å². The van der Waals surface area contributed by atoms with E-state index in [1.54, 1.807) is 0 Å². The van der Waals surface area contributed by atoms with E-state index in [2.05, 4.69) is 51.6 Å². The number of nitrogens with zero attached hydrogens (tertiary/aromatic N) is 2. The number of benzene rings is 1. The first-order valence-electron chi connectivity index (χ1n) is 9.26. The quantitative estimate of drug-likeness (QED) is 0.715. The lowest BCUT2D eigenvalue weighted by Gasteiger charge is -2.25. The molecule has 1 unspecified atom stereocenters. The Kier molecular flexibility index (Phi) is 6.57. The van der Waals surface area contributed by atoms with E-state index in [0.717, 1.165) is 45.3 Å². The van der Waals surface area contributed by atoms with Crippen molar-refractivity contribution in [2.75, 3.05) is 13.1 Å². The van der Waals surface area contributed by atoms with Gasteiger partial charge in [0.1, 0.15) is 0 Å². The Labute approximate surface area is 150 Å². The molecule has 3 rings (SSSR count). The topological polar surface area (TPSA) is 45.2 Å². The van der Waals surface area contributed by atoms with E-state index in [4.69, 9.17) is 0 Å². The summed E-state index contributed by atoms with van der Waals surface area (Å²) in [6, 6.07) is 14.9. The molecule has 0 radical (unpaired) electrons. The maximum absolute atomic E-state index is 12.2. The maximum Gasteiger partial charge on any atom is 0.222 e. The summed E-state index contributed by atoms with van der Waals surface area (Å²) in [5, 5.41) is 3.50. The smallest absolute Gasteiger partial charge is 0.222 e. The minimum absolute atomic E-state index is 0.322. The fraction of sp³-hybridized carbons (Fsp3) is 0.429. The Bertz CT molecular complexity index is 645. The van der Waals surface area contributed by atoms with Gasteiger partial charge in [-0.1, -0.05) is 30.3 Å². The summed E-state index contributed by atoms with van der Waals surface area (Å²) in [5.74, 6) is 0.322. The first-order chi connectivity index (χ1) is 12.3. The number of amides is 1. The van der Waals surface area contributed by atoms with Crippen molar-refractivity contribution in [2.24, 2.45) is 0 Å². The molecule has 4 heteroatoms. The van der Waals surface area contributed by atoms with Gasteiger partial charge in [-0.3, -0.25) is 9.78 Å². The average molecular weight is 337 g/mol. The highest BCUT2D eigenvalue weighted by atomic mass is 16.2. The van der Waals surface area contributed by atoms with Crippen LogP contribution in [-0.2, 0) is 17.8 Å². The zero-order chi connectivity index (χ0) is 17.3. The van der Waals surface area contributed by atoms with Gasteiger partial charge in [0.25, 0.3) is 0 Å². The highest BCUT2D eigenvalue weighted by Crippen LogP contribution is 2.21. The van der Waals surface area contributed by atoms with Gasteiger partial charge in [-0.05, 0) is 55.5 Å². The summed E-state index contributed by atoms with van der Waals surface area (Å²) in [7, 11) is 0. The lowest BCUT2D eigenvalue weighted by atomic mass is 10.1. The fourth-order valence-electron chi connectivity index (χ4n) is 3.50. The van der Waals surface area contributed by atoms with E-state index in [-0.39, 0.29) is 0 Å². The molecule has 1 aromatic heterocycles. The second-order valence-corrected chi connectivity index (χ2v) is 6.69. The fourth-order valence-corrected chi connectivity index (χ4v) is 3.50. The molecule has 0 spiro atoms. The van der Waals surface area contributed by atoms with Crippen LogP contribution in [0.1, 0.15) is 36.8 Å². The van der Waals surface area contributed by atoms with Crippen LogP contribution in [0, 0.1) is 0 Å². The van der Waals surface area contributed by atoms with Crippen molar-refractivity contribution in [1.29, 1.82) is 0 Å². The summed E-state index contributed by atoms with van der Waals surface area (Å²) in [6.07, 6.45) is 8.43. The van der Waals surface area contributed by atoms with Gasteiger partial charge in [-0.15, -0.1) is 0 Å². The van der Waals surface area contributed by atoms with Crippen LogP contribution < -0.4 is 5.32 Å². The van der Waals surface area contributed by atoms with Gasteiger partial charge in [-0.2, -0.15) is 0 Å². The number of aryl methyl sites for hydroxylation is 1. The van der Waals surface area contributed by atoms with E-state index in [0.29, 0.717) is 18.4 Å². The Morgan fingerprint density at radius 1 is 1.08 bits per heavy atom. The molecule has 0 aliphatic carbocycles. The zero-order valence-corrected chi connectivity index (χ0v) is 14.7. The summed E-state index contributed by atoms with van der Waals surface area (Å²) in [5.41, 5.74) is 2.60. The molecule has 1 amide bonds. The molecule has 1 fully saturated rings. The molecule has 25 heavy (non-hydrogen) atoms. The molecule has 1 saturated heterocycles. The van der Waals surface area contributed by atoms with Gasteiger partial charge in [-0.25, -0.2) is 0 Å². The van der Waals surface area contributed by atoms with E-state index in [9.17, 15) is 4.79 Å². The predicted molar refractivity (Wildman–Crippen MR) is 100 cm³/mol. The van der Waals surface area contributed by atoms with Crippen LogP contribution in [0.25, 0.3) is 0 Å². The number of carbonyl (C=O) groups excluding carboxylic acids is 1. The number of carbonyl (C=O) groups is 1. The zero-order valence-electron chi connectivity index (χ0n) is 14.7. The molecular formula is C21H27N3O. The molecule has 1 aliphatic heterocycles. The highest BCUT2D eigenvalue weighted by Gasteiger charge is 2.29. The predicted octanol–water partition coefficient (Wildman–Crippen LogP) is 3.19. The van der Waals surface area contributed by atoms with Crippen LogP contribution in [0.4, 0.5) is 0 Å². The van der Waals surface area contributed by atoms with Crippen molar-refractivity contribution in [3.05, 3.63) is 66.0 Å². The number of likely N-dealkylation sites (tertiary alicyclic amines) is 1. The minimum Gasteiger partial charge on any atom is -0.340 e. The molecule has 1 atom stereocenters. The molecule has 0 bridgehead atoms. The van der Waals surface area contributed by atoms with Gasteiger partial charge in [0.15, 0.2) is 0 Å². The Hall–Kier alpha value is -2.20. The van der Waals surface area contributed by atoms with Gasteiger partial charge in [0.2, 0.25) is 5.91 Å². The molecule has 1 aliphatic rings. The molecule has 1 N–H and O–H groups in total. The molecule has 0 saturated carbocycles. The van der Waals surface area contributed by atoms with Gasteiger partial charge in [0.05, 0.1) is 0 Å². The minimum atomic E-state index is 0.322. The molecule has 2 aromatic rings. The third-order valence-electron chi connectivity index (χ3n) is 4.89. The summed E-state index contributed by atoms with van der Waals surface area (Å²) >= 11 is 0. The van der Waals surface area contributed by atoms with Gasteiger partial charge < -0.3 is 10.2 Å². The Balaban J connectivity index is 1.39. The van der Waals surface area contributed by atoms with Crippen LogP contribution in [-0.4, -0.2) is 34.9 Å². The van der Waals surface area contributed by atoms with E-state index >= 15 is 0 Å². The summed E-state index contributed by atoms with van der Waals surface area (Å²) in [6.45, 7) is 2.71. The largest absolute Gasteiger partial charge is 0.340 e. The average Bonchev–Trinajstić information content (AvgIpc) is 3.01. The first-order valence-corrected chi connectivity index (χ1v) is 9.26. The van der Waals surface area contributed by atoms with Crippen molar-refractivity contribution in [1.82, 2.24) is 15.2 Å². The van der Waals surface area contributed by atoms with Crippen LogP contribution in [0.15, 0.2) is 54.9 Å². The van der Waals surface area contributed by atoms with Crippen molar-refractivity contribution in [3.8, 4) is 0 Å². The summed E-state index contributed by atoms with van der Waals surface area (Å²) < 4.78 is 0. The number of rotatable bonds is 9. The SMILES string of the molecule is O=C1CCC(CCNCc2ccccc2)N1CCCc1ccncc1. The maximum atomic E-state index is 12.2. The lowest BCUT2D eigenvalue weighted by Crippen LogP contribution is -2.36. The number of aromatic nitrogens is 1. The number of hydrogen-bond acceptors (Lipinski definition) is 3. The van der Waals surface area contributed by atoms with Crippen molar-refractivity contribution in [3.63, 3.8) is 0 Å². The van der Waals surface area contributed by atoms with E-state index in [1.165, 1.54) is 11.1 Å². The van der Waals surface area contributed by atoms with E-state index in [1.807, 2.05) is 18.5 Å². The van der Waals surface area contributed by atoms with Crippen LogP contribution in [0.5, 0.6) is 0 Å². The molecule has 2 heterocycles. The monoisotopic (exact) mass is 337 g/mol. The third kappa shape index (κ3) is 5.40. The molecule has 4 nitrogen and oxygen atoms in total. The van der Waals surface area contributed by atoms with E-state index < -0.39 is 0 Å². The van der Waals surface area contributed by atoms with Gasteiger partial charge >= 0.3 is 0 Å². The highest BCUT2D eigenvalue weighted by molar-refractivity contribution is 5.78. The number of hydrogen-bond donors (Lipinski definition) is 1. The second-order valence-electron chi connectivity index (χ2n) is 6.69. The summed E-state index contributed by atoms with van der Waals surface area (Å²) in [4.78, 5) is 18.3. The molecule has 132 valence electrons. The van der Waals surface area contributed by atoms with Crippen LogP contribution in [0.2, 0.25) is 0 Å².